The van der Waals surface area contributed by atoms with Gasteiger partial charge in [-0.15, -0.1) is 5.10 Å². The average Bonchev–Trinajstić information content (AvgIpc) is 3.05. The zero-order chi connectivity index (χ0) is 13.0. The van der Waals surface area contributed by atoms with Gasteiger partial charge >= 0.3 is 0 Å². The van der Waals surface area contributed by atoms with Crippen LogP contribution in [0.3, 0.4) is 0 Å². The van der Waals surface area contributed by atoms with E-state index in [0.717, 1.165) is 16.8 Å². The van der Waals surface area contributed by atoms with Gasteiger partial charge in [-0.05, 0) is 26.0 Å². The second-order valence-electron chi connectivity index (χ2n) is 4.37. The quantitative estimate of drug-likeness (QED) is 0.560. The van der Waals surface area contributed by atoms with Gasteiger partial charge in [-0.25, -0.2) is 9.97 Å². The lowest BCUT2D eigenvalue weighted by molar-refractivity contribution is 0.542. The van der Waals surface area contributed by atoms with Crippen LogP contribution < -0.4 is 0 Å². The highest BCUT2D eigenvalue weighted by atomic mass is 16.3. The molecule has 94 valence electrons. The van der Waals surface area contributed by atoms with E-state index in [-0.39, 0.29) is 0 Å². The fourth-order valence-corrected chi connectivity index (χ4v) is 2.13. The molecular weight excluding hydrogens is 244 g/mol. The van der Waals surface area contributed by atoms with Gasteiger partial charge in [-0.3, -0.25) is 5.10 Å². The van der Waals surface area contributed by atoms with Crippen molar-refractivity contribution in [1.29, 1.82) is 0 Å². The molecule has 0 spiro atoms. The number of aromatic amines is 1. The average molecular weight is 254 g/mol. The first kappa shape index (κ1) is 10.2. The van der Waals surface area contributed by atoms with Gasteiger partial charge in [0.1, 0.15) is 11.6 Å². The Morgan fingerprint density at radius 3 is 2.89 bits per heavy atom. The summed E-state index contributed by atoms with van der Waals surface area (Å²) >= 11 is 0. The first-order chi connectivity index (χ1) is 9.22. The van der Waals surface area contributed by atoms with Crippen molar-refractivity contribution in [2.75, 3.05) is 0 Å². The lowest BCUT2D eigenvalue weighted by Gasteiger charge is -2.00. The molecule has 0 atom stereocenters. The number of rotatable bonds is 1. The van der Waals surface area contributed by atoms with Crippen molar-refractivity contribution in [2.24, 2.45) is 0 Å². The van der Waals surface area contributed by atoms with Crippen molar-refractivity contribution in [3.05, 3.63) is 29.9 Å². The molecule has 0 saturated carbocycles. The number of hydrogen-bond donors (Lipinski definition) is 1. The summed E-state index contributed by atoms with van der Waals surface area (Å²) in [6.07, 6.45) is 1.70. The van der Waals surface area contributed by atoms with Gasteiger partial charge in [-0.1, -0.05) is 0 Å². The molecule has 0 bridgehead atoms. The maximum atomic E-state index is 5.63. The van der Waals surface area contributed by atoms with Gasteiger partial charge < -0.3 is 4.42 Å². The van der Waals surface area contributed by atoms with Crippen molar-refractivity contribution in [2.45, 2.75) is 13.8 Å². The van der Waals surface area contributed by atoms with Crippen molar-refractivity contribution in [3.63, 3.8) is 0 Å². The summed E-state index contributed by atoms with van der Waals surface area (Å²) in [7, 11) is 0. The van der Waals surface area contributed by atoms with Gasteiger partial charge in [0.05, 0.1) is 11.6 Å². The molecule has 4 aromatic rings. The fourth-order valence-electron chi connectivity index (χ4n) is 2.13. The second kappa shape index (κ2) is 3.41. The van der Waals surface area contributed by atoms with Crippen molar-refractivity contribution in [3.8, 4) is 11.6 Å². The topological polar surface area (TPSA) is 84.9 Å². The van der Waals surface area contributed by atoms with Crippen molar-refractivity contribution in [1.82, 2.24) is 29.8 Å². The van der Waals surface area contributed by atoms with Crippen LogP contribution in [0.2, 0.25) is 0 Å². The summed E-state index contributed by atoms with van der Waals surface area (Å²) in [4.78, 5) is 8.93. The lowest BCUT2D eigenvalue weighted by atomic mass is 10.3. The van der Waals surface area contributed by atoms with Crippen molar-refractivity contribution >= 4 is 16.7 Å². The zero-order valence-electron chi connectivity index (χ0n) is 10.4. The molecule has 0 aliphatic heterocycles. The molecule has 4 rings (SSSR count). The van der Waals surface area contributed by atoms with E-state index in [1.165, 1.54) is 0 Å². The van der Waals surface area contributed by atoms with Crippen LogP contribution in [0.4, 0.5) is 0 Å². The van der Waals surface area contributed by atoms with Crippen LogP contribution in [0, 0.1) is 13.8 Å². The Hall–Kier alpha value is -2.70. The number of nitrogens with zero attached hydrogens (tertiary/aromatic N) is 5. The number of H-pyrrole nitrogens is 1. The van der Waals surface area contributed by atoms with Gasteiger partial charge in [0.25, 0.3) is 0 Å². The number of aryl methyl sites for hydroxylation is 2. The van der Waals surface area contributed by atoms with E-state index >= 15 is 0 Å². The summed E-state index contributed by atoms with van der Waals surface area (Å²) in [5.41, 5.74) is 1.39. The molecule has 0 radical (unpaired) electrons. The van der Waals surface area contributed by atoms with E-state index in [0.29, 0.717) is 23.1 Å². The Labute approximate surface area is 107 Å². The highest BCUT2D eigenvalue weighted by Gasteiger charge is 2.16. The molecule has 0 amide bonds. The van der Waals surface area contributed by atoms with Crippen LogP contribution in [-0.4, -0.2) is 29.8 Å². The van der Waals surface area contributed by atoms with Gasteiger partial charge in [0, 0.05) is 0 Å². The van der Waals surface area contributed by atoms with Crippen LogP contribution in [0.5, 0.6) is 0 Å². The summed E-state index contributed by atoms with van der Waals surface area (Å²) in [6, 6.07) is 3.76. The monoisotopic (exact) mass is 254 g/mol. The molecule has 0 aromatic carbocycles. The highest BCUT2D eigenvalue weighted by molar-refractivity contribution is 5.89. The molecule has 4 aromatic heterocycles. The van der Waals surface area contributed by atoms with Crippen LogP contribution in [0.15, 0.2) is 22.7 Å². The molecule has 0 aliphatic carbocycles. The normalized spacial score (nSPS) is 11.7. The third-order valence-electron chi connectivity index (χ3n) is 2.95. The molecule has 7 nitrogen and oxygen atoms in total. The molecule has 0 unspecified atom stereocenters. The molecule has 0 saturated heterocycles. The molecular formula is C12H10N6O. The van der Waals surface area contributed by atoms with Crippen LogP contribution in [0.25, 0.3) is 28.3 Å². The van der Waals surface area contributed by atoms with E-state index in [9.17, 15) is 0 Å². The van der Waals surface area contributed by atoms with Gasteiger partial charge in [0.2, 0.25) is 5.82 Å². The predicted octanol–water partition coefficient (Wildman–Crippen LogP) is 1.88. The lowest BCUT2D eigenvalue weighted by Crippen LogP contribution is -1.98. The SMILES string of the molecule is Cc1nc2c3cn[nH]c3nc(-c3ccc(C)o3)n2n1. The van der Waals surface area contributed by atoms with Crippen LogP contribution >= 0.6 is 0 Å². The third-order valence-corrected chi connectivity index (χ3v) is 2.95. The number of fused-ring (bicyclic) bond motifs is 3. The Bertz CT molecular complexity index is 900. The van der Waals surface area contributed by atoms with E-state index in [1.807, 2.05) is 26.0 Å². The summed E-state index contributed by atoms with van der Waals surface area (Å²) in [6.45, 7) is 3.73. The molecule has 4 heterocycles. The zero-order valence-corrected chi connectivity index (χ0v) is 10.4. The Morgan fingerprint density at radius 2 is 2.11 bits per heavy atom. The molecule has 19 heavy (non-hydrogen) atoms. The smallest absolute Gasteiger partial charge is 0.201 e. The molecule has 0 aliphatic rings. The predicted molar refractivity (Wildman–Crippen MR) is 67.6 cm³/mol. The van der Waals surface area contributed by atoms with Crippen LogP contribution in [-0.2, 0) is 0 Å². The Morgan fingerprint density at radius 1 is 1.21 bits per heavy atom. The Balaban J connectivity index is 2.17. The molecule has 7 heteroatoms. The largest absolute Gasteiger partial charge is 0.458 e. The standard InChI is InChI=1S/C12H10N6O/c1-6-3-4-9(19-6)12-15-10-8(5-13-16-10)11-14-7(2)17-18(11)12/h3-5H,1-2H3,(H,13,16). The van der Waals surface area contributed by atoms with E-state index < -0.39 is 0 Å². The first-order valence-electron chi connectivity index (χ1n) is 5.85. The van der Waals surface area contributed by atoms with E-state index in [2.05, 4.69) is 25.3 Å². The summed E-state index contributed by atoms with van der Waals surface area (Å²) in [5, 5.41) is 12.1. The maximum Gasteiger partial charge on any atom is 0.201 e. The minimum Gasteiger partial charge on any atom is -0.458 e. The minimum absolute atomic E-state index is 0.612. The minimum atomic E-state index is 0.612. The van der Waals surface area contributed by atoms with E-state index in [4.69, 9.17) is 4.42 Å². The third kappa shape index (κ3) is 1.38. The first-order valence-corrected chi connectivity index (χ1v) is 5.85. The summed E-state index contributed by atoms with van der Waals surface area (Å²) < 4.78 is 7.31. The summed E-state index contributed by atoms with van der Waals surface area (Å²) in [5.74, 6) is 2.77. The van der Waals surface area contributed by atoms with Gasteiger partial charge in [0.15, 0.2) is 17.1 Å². The second-order valence-corrected chi connectivity index (χ2v) is 4.37. The van der Waals surface area contributed by atoms with Gasteiger partial charge in [-0.2, -0.15) is 9.61 Å². The highest BCUT2D eigenvalue weighted by Crippen LogP contribution is 2.24. The van der Waals surface area contributed by atoms with Crippen molar-refractivity contribution < 1.29 is 4.42 Å². The number of hydrogen-bond acceptors (Lipinski definition) is 5. The number of furan rings is 1. The van der Waals surface area contributed by atoms with Crippen LogP contribution in [0.1, 0.15) is 11.6 Å². The number of nitrogens with one attached hydrogen (secondary N) is 1. The Kier molecular flexibility index (Phi) is 1.84. The molecule has 0 fully saturated rings. The number of aromatic nitrogens is 6. The van der Waals surface area contributed by atoms with E-state index in [1.54, 1.807) is 10.7 Å². The fraction of sp³-hybridized carbons (Fsp3) is 0.167. The maximum absolute atomic E-state index is 5.63. The molecule has 1 N–H and O–H groups in total.